The molecule has 2 rings (SSSR count). The summed E-state index contributed by atoms with van der Waals surface area (Å²) in [5.74, 6) is 0. The first-order valence-electron chi connectivity index (χ1n) is 6.47. The van der Waals surface area contributed by atoms with Gasteiger partial charge < -0.3 is 9.11 Å². The molecule has 0 heterocycles. The van der Waals surface area contributed by atoms with Crippen molar-refractivity contribution < 1.29 is 85.1 Å². The van der Waals surface area contributed by atoms with Crippen LogP contribution in [-0.2, 0) is 20.2 Å². The Morgan fingerprint density at radius 3 is 1.40 bits per heavy atom. The van der Waals surface area contributed by atoms with Gasteiger partial charge in [0.05, 0.1) is 9.79 Å². The molecule has 6 nitrogen and oxygen atoms in total. The maximum atomic E-state index is 10.5. The Labute approximate surface area is 193 Å². The van der Waals surface area contributed by atoms with Crippen molar-refractivity contribution in [3.8, 4) is 0 Å². The molecular weight excluding hydrogens is 386 g/mol. The van der Waals surface area contributed by atoms with Gasteiger partial charge in [0.15, 0.2) is 0 Å². The van der Waals surface area contributed by atoms with E-state index >= 15 is 0 Å². The van der Waals surface area contributed by atoms with Gasteiger partial charge in [0.2, 0.25) is 0 Å². The van der Waals surface area contributed by atoms with Gasteiger partial charge in [-0.2, -0.15) is 0 Å². The molecule has 2 aromatic rings. The van der Waals surface area contributed by atoms with Gasteiger partial charge >= 0.3 is 59.1 Å². The van der Waals surface area contributed by atoms with Crippen LogP contribution in [0.15, 0.2) is 52.3 Å². The number of hydrogen-bond acceptors (Lipinski definition) is 6. The van der Waals surface area contributed by atoms with Crippen molar-refractivity contribution >= 4 is 20.2 Å². The summed E-state index contributed by atoms with van der Waals surface area (Å²) in [5, 5.41) is 0. The van der Waals surface area contributed by atoms with Crippen molar-refractivity contribution in [2.45, 2.75) is 30.6 Å². The van der Waals surface area contributed by atoms with E-state index in [2.05, 4.69) is 0 Å². The number of aryl methyl sites for hydroxylation is 3. The van der Waals surface area contributed by atoms with Crippen molar-refractivity contribution in [2.24, 2.45) is 0 Å². The predicted octanol–water partition coefficient (Wildman–Crippen LogP) is -3.89. The molecule has 25 heavy (non-hydrogen) atoms. The topological polar surface area (TPSA) is 114 Å². The maximum absolute atomic E-state index is 10.5. The molecule has 126 valence electrons. The first-order valence-corrected chi connectivity index (χ1v) is 9.28. The molecule has 0 spiro atoms. The van der Waals surface area contributed by atoms with Crippen LogP contribution in [0.4, 0.5) is 0 Å². The molecule has 0 radical (unpaired) electrons. The first kappa shape index (κ1) is 27.5. The Kier molecular flexibility index (Phi) is 12.3. The summed E-state index contributed by atoms with van der Waals surface area (Å²) in [4.78, 5) is -0.339. The van der Waals surface area contributed by atoms with Crippen LogP contribution in [0.3, 0.4) is 0 Å². The molecule has 10 heteroatoms. The van der Waals surface area contributed by atoms with Crippen LogP contribution in [0.1, 0.15) is 16.7 Å². The second kappa shape index (κ2) is 11.2. The predicted molar refractivity (Wildman–Crippen MR) is 83.0 cm³/mol. The molecule has 0 saturated carbocycles. The molecule has 2 aromatic carbocycles. The minimum Gasteiger partial charge on any atom is -0.744 e. The fraction of sp³-hybridized carbons (Fsp3) is 0.200. The zero-order valence-electron chi connectivity index (χ0n) is 14.8. The molecule has 0 amide bonds. The fourth-order valence-corrected chi connectivity index (χ4v) is 2.60. The molecule has 0 unspecified atom stereocenters. The average Bonchev–Trinajstić information content (AvgIpc) is 2.41. The fourth-order valence-electron chi connectivity index (χ4n) is 1.57. The van der Waals surface area contributed by atoms with E-state index in [-0.39, 0.29) is 68.9 Å². The molecule has 0 aliphatic rings. The third-order valence-electron chi connectivity index (χ3n) is 3.08. The average molecular weight is 402 g/mol. The summed E-state index contributed by atoms with van der Waals surface area (Å²) < 4.78 is 62.8. The molecule has 0 aliphatic heterocycles. The van der Waals surface area contributed by atoms with Gasteiger partial charge in [-0.1, -0.05) is 23.8 Å². The van der Waals surface area contributed by atoms with E-state index in [1.165, 1.54) is 24.3 Å². The number of rotatable bonds is 2. The molecule has 0 fully saturated rings. The van der Waals surface area contributed by atoms with Crippen LogP contribution in [0.2, 0.25) is 0 Å². The van der Waals surface area contributed by atoms with Gasteiger partial charge in [0.1, 0.15) is 20.2 Å². The maximum Gasteiger partial charge on any atom is 1.00 e. The largest absolute Gasteiger partial charge is 1.00 e. The molecule has 0 saturated heterocycles. The van der Waals surface area contributed by atoms with E-state index in [1.54, 1.807) is 25.1 Å². The standard InChI is InChI=1S/C8H10O3S.C7H8O3S.2Na/c1-6-3-4-8(5-7(6)2)12(9,10)11;1-6-2-4-7(5-3-6)11(8,9)10;;/h3-5H,1-2H3,(H,9,10,11);2-5H,1H3,(H,8,9,10);;/q;;2*+1/p-2. The molecule has 0 bridgehead atoms. The van der Waals surface area contributed by atoms with Gasteiger partial charge in [0, 0.05) is 0 Å². The van der Waals surface area contributed by atoms with Crippen molar-refractivity contribution in [1.29, 1.82) is 0 Å². The van der Waals surface area contributed by atoms with E-state index in [0.717, 1.165) is 16.7 Å². The van der Waals surface area contributed by atoms with Crippen molar-refractivity contribution in [3.05, 3.63) is 59.2 Å². The molecule has 0 N–H and O–H groups in total. The summed E-state index contributed by atoms with van der Waals surface area (Å²) in [6.07, 6.45) is 0. The third-order valence-corrected chi connectivity index (χ3v) is 4.76. The second-order valence-corrected chi connectivity index (χ2v) is 7.73. The number of benzene rings is 2. The van der Waals surface area contributed by atoms with Crippen LogP contribution in [0.25, 0.3) is 0 Å². The quantitative estimate of drug-likeness (QED) is 0.375. The summed E-state index contributed by atoms with van der Waals surface area (Å²) in [6.45, 7) is 5.45. The van der Waals surface area contributed by atoms with E-state index in [9.17, 15) is 25.9 Å². The van der Waals surface area contributed by atoms with E-state index in [0.29, 0.717) is 0 Å². The summed E-state index contributed by atoms with van der Waals surface area (Å²) in [7, 11) is -8.56. The SMILES string of the molecule is Cc1ccc(S(=O)(=O)[O-])cc1.Cc1ccc(S(=O)(=O)[O-])cc1C.[Na+].[Na+]. The van der Waals surface area contributed by atoms with Gasteiger partial charge in [-0.3, -0.25) is 0 Å². The van der Waals surface area contributed by atoms with Gasteiger partial charge in [-0.25, -0.2) is 16.8 Å². The Hall–Kier alpha value is 0.260. The smallest absolute Gasteiger partial charge is 0.744 e. The normalized spacial score (nSPS) is 10.6. The molecule has 0 atom stereocenters. The minimum absolute atomic E-state index is 0. The van der Waals surface area contributed by atoms with Crippen LogP contribution in [0, 0.1) is 20.8 Å². The van der Waals surface area contributed by atoms with E-state index in [4.69, 9.17) is 0 Å². The Bertz CT molecular complexity index is 892. The first-order chi connectivity index (χ1) is 10.4. The van der Waals surface area contributed by atoms with Crippen LogP contribution in [-0.4, -0.2) is 25.9 Å². The van der Waals surface area contributed by atoms with Crippen LogP contribution < -0.4 is 59.1 Å². The van der Waals surface area contributed by atoms with Crippen molar-refractivity contribution in [3.63, 3.8) is 0 Å². The molecule has 0 aromatic heterocycles. The van der Waals surface area contributed by atoms with Gasteiger partial charge in [-0.15, -0.1) is 0 Å². The third kappa shape index (κ3) is 9.67. The summed E-state index contributed by atoms with van der Waals surface area (Å²) in [6, 6.07) is 10.1. The summed E-state index contributed by atoms with van der Waals surface area (Å²) in [5.41, 5.74) is 2.71. The molecular formula is C15H16Na2O6S2. The van der Waals surface area contributed by atoms with Crippen LogP contribution >= 0.6 is 0 Å². The van der Waals surface area contributed by atoms with Gasteiger partial charge in [0.25, 0.3) is 0 Å². The van der Waals surface area contributed by atoms with Gasteiger partial charge in [-0.05, 0) is 56.2 Å². The minimum atomic E-state index is -4.29. The van der Waals surface area contributed by atoms with E-state index < -0.39 is 20.2 Å². The van der Waals surface area contributed by atoms with Crippen molar-refractivity contribution in [2.75, 3.05) is 0 Å². The van der Waals surface area contributed by atoms with Crippen molar-refractivity contribution in [1.82, 2.24) is 0 Å². The Morgan fingerprint density at radius 2 is 1.04 bits per heavy atom. The zero-order valence-corrected chi connectivity index (χ0v) is 20.4. The second-order valence-electron chi connectivity index (χ2n) is 4.97. The number of hydrogen-bond donors (Lipinski definition) is 0. The van der Waals surface area contributed by atoms with E-state index in [1.807, 2.05) is 13.8 Å². The monoisotopic (exact) mass is 402 g/mol. The van der Waals surface area contributed by atoms with Crippen LogP contribution in [0.5, 0.6) is 0 Å². The zero-order chi connectivity index (χ0) is 17.8. The Balaban J connectivity index is 0. The molecule has 0 aliphatic carbocycles. The Morgan fingerprint density at radius 1 is 0.640 bits per heavy atom. The summed E-state index contributed by atoms with van der Waals surface area (Å²) >= 11 is 0.